The van der Waals surface area contributed by atoms with Gasteiger partial charge in [0.15, 0.2) is 5.84 Å². The molecular weight excluding hydrogens is 254 g/mol. The molecule has 0 spiro atoms. The van der Waals surface area contributed by atoms with Crippen LogP contribution in [-0.2, 0) is 0 Å². The molecule has 1 fully saturated rings. The highest BCUT2D eigenvalue weighted by molar-refractivity contribution is 7.12. The monoisotopic (exact) mass is 269 g/mol. The van der Waals surface area contributed by atoms with E-state index in [1.807, 2.05) is 0 Å². The van der Waals surface area contributed by atoms with Crippen molar-refractivity contribution in [2.75, 3.05) is 7.11 Å². The number of ether oxygens (including phenoxy) is 1. The Morgan fingerprint density at radius 3 is 2.94 bits per heavy atom. The third kappa shape index (κ3) is 2.73. The normalized spacial score (nSPS) is 17.3. The van der Waals surface area contributed by atoms with E-state index in [1.165, 1.54) is 11.3 Å². The van der Waals surface area contributed by atoms with Gasteiger partial charge >= 0.3 is 0 Å². The van der Waals surface area contributed by atoms with Gasteiger partial charge in [0.25, 0.3) is 5.91 Å². The highest BCUT2D eigenvalue weighted by Gasteiger charge is 2.35. The van der Waals surface area contributed by atoms with E-state index in [0.29, 0.717) is 10.6 Å². The summed E-state index contributed by atoms with van der Waals surface area (Å²) in [5.74, 6) is 0.741. The Balaban J connectivity index is 2.04. The summed E-state index contributed by atoms with van der Waals surface area (Å²) in [6.07, 6.45) is 1.96. The molecule has 98 valence electrons. The number of amidine groups is 1. The first-order chi connectivity index (χ1) is 8.65. The van der Waals surface area contributed by atoms with Gasteiger partial charge in [-0.3, -0.25) is 4.79 Å². The maximum atomic E-state index is 12.0. The van der Waals surface area contributed by atoms with Gasteiger partial charge in [-0.05, 0) is 18.8 Å². The van der Waals surface area contributed by atoms with Gasteiger partial charge in [-0.2, -0.15) is 0 Å². The molecule has 2 rings (SSSR count). The van der Waals surface area contributed by atoms with Crippen molar-refractivity contribution in [2.24, 2.45) is 16.8 Å². The second-order valence-corrected chi connectivity index (χ2v) is 5.08. The van der Waals surface area contributed by atoms with Crippen molar-refractivity contribution < 1.29 is 14.7 Å². The molecule has 1 aromatic heterocycles. The van der Waals surface area contributed by atoms with Crippen LogP contribution in [0, 0.1) is 5.92 Å². The van der Waals surface area contributed by atoms with Crippen LogP contribution in [0.1, 0.15) is 22.5 Å². The summed E-state index contributed by atoms with van der Waals surface area (Å²) in [6.45, 7) is 0. The van der Waals surface area contributed by atoms with Crippen LogP contribution < -0.4 is 15.8 Å². The molecule has 0 radical (unpaired) electrons. The van der Waals surface area contributed by atoms with Crippen molar-refractivity contribution in [2.45, 2.75) is 18.9 Å². The van der Waals surface area contributed by atoms with Crippen molar-refractivity contribution in [3.8, 4) is 5.75 Å². The number of methoxy groups -OCH3 is 1. The SMILES string of the molecule is COc1csc(C(=O)NC(C(N)=NO)C2CC2)c1. The highest BCUT2D eigenvalue weighted by Crippen LogP contribution is 2.33. The molecule has 6 nitrogen and oxygen atoms in total. The smallest absolute Gasteiger partial charge is 0.262 e. The van der Waals surface area contributed by atoms with E-state index < -0.39 is 6.04 Å². The van der Waals surface area contributed by atoms with Gasteiger partial charge in [-0.1, -0.05) is 5.16 Å². The van der Waals surface area contributed by atoms with E-state index in [2.05, 4.69) is 10.5 Å². The van der Waals surface area contributed by atoms with Gasteiger partial charge in [0.1, 0.15) is 5.75 Å². The Hall–Kier alpha value is -1.76. The van der Waals surface area contributed by atoms with Gasteiger partial charge in [0.2, 0.25) is 0 Å². The van der Waals surface area contributed by atoms with Crippen LogP contribution in [0.25, 0.3) is 0 Å². The lowest BCUT2D eigenvalue weighted by Gasteiger charge is -2.15. The second kappa shape index (κ2) is 5.26. The van der Waals surface area contributed by atoms with E-state index in [1.54, 1.807) is 18.6 Å². The number of nitrogens with zero attached hydrogens (tertiary/aromatic N) is 1. The molecule has 1 aromatic rings. The summed E-state index contributed by atoms with van der Waals surface area (Å²) in [5.41, 5.74) is 5.58. The standard InChI is InChI=1S/C11H15N3O3S/c1-17-7-4-8(18-5-7)11(15)13-9(6-2-3-6)10(12)14-16/h4-6,9,16H,2-3H2,1H3,(H2,12,14)(H,13,15). The fourth-order valence-electron chi connectivity index (χ4n) is 1.68. The summed E-state index contributed by atoms with van der Waals surface area (Å²) in [4.78, 5) is 12.5. The summed E-state index contributed by atoms with van der Waals surface area (Å²) in [7, 11) is 1.55. The van der Waals surface area contributed by atoms with Crippen LogP contribution >= 0.6 is 11.3 Å². The molecule has 7 heteroatoms. The van der Waals surface area contributed by atoms with Gasteiger partial charge in [-0.15, -0.1) is 11.3 Å². The van der Waals surface area contributed by atoms with Crippen LogP contribution in [0.5, 0.6) is 5.75 Å². The van der Waals surface area contributed by atoms with Crippen molar-refractivity contribution in [3.05, 3.63) is 16.3 Å². The fourth-order valence-corrected chi connectivity index (χ4v) is 2.44. The maximum Gasteiger partial charge on any atom is 0.262 e. The highest BCUT2D eigenvalue weighted by atomic mass is 32.1. The average molecular weight is 269 g/mol. The minimum Gasteiger partial charge on any atom is -0.496 e. The number of oxime groups is 1. The van der Waals surface area contributed by atoms with E-state index in [4.69, 9.17) is 15.7 Å². The van der Waals surface area contributed by atoms with Crippen LogP contribution in [-0.4, -0.2) is 30.1 Å². The molecule has 1 atom stereocenters. The summed E-state index contributed by atoms with van der Waals surface area (Å²) < 4.78 is 5.02. The third-order valence-electron chi connectivity index (χ3n) is 2.85. The van der Waals surface area contributed by atoms with Crippen LogP contribution in [0.15, 0.2) is 16.6 Å². The molecule has 1 amide bonds. The number of nitrogens with two attached hydrogens (primary N) is 1. The summed E-state index contributed by atoms with van der Waals surface area (Å²) >= 11 is 1.30. The van der Waals surface area contributed by atoms with Gasteiger partial charge in [-0.25, -0.2) is 0 Å². The number of hydrogen-bond donors (Lipinski definition) is 3. The Labute approximate surface area is 108 Å². The van der Waals surface area contributed by atoms with E-state index in [0.717, 1.165) is 12.8 Å². The molecule has 0 saturated heterocycles. The largest absolute Gasteiger partial charge is 0.496 e. The van der Waals surface area contributed by atoms with Crippen molar-refractivity contribution in [1.82, 2.24) is 5.32 Å². The van der Waals surface area contributed by atoms with Crippen LogP contribution in [0.2, 0.25) is 0 Å². The Morgan fingerprint density at radius 2 is 2.44 bits per heavy atom. The first-order valence-corrected chi connectivity index (χ1v) is 6.44. The summed E-state index contributed by atoms with van der Waals surface area (Å²) in [6, 6.07) is 1.27. The predicted molar refractivity (Wildman–Crippen MR) is 68.3 cm³/mol. The first kappa shape index (κ1) is 12.7. The fraction of sp³-hybridized carbons (Fsp3) is 0.455. The Morgan fingerprint density at radius 1 is 1.72 bits per heavy atom. The summed E-state index contributed by atoms with van der Waals surface area (Å²) in [5, 5.41) is 16.2. The topological polar surface area (TPSA) is 96.9 Å². The number of hydrogen-bond acceptors (Lipinski definition) is 5. The molecule has 1 aliphatic carbocycles. The predicted octanol–water partition coefficient (Wildman–Crippen LogP) is 1.01. The molecule has 1 saturated carbocycles. The lowest BCUT2D eigenvalue weighted by atomic mass is 10.1. The molecule has 1 unspecified atom stereocenters. The number of carbonyl (C=O) groups excluding carboxylic acids is 1. The lowest BCUT2D eigenvalue weighted by molar-refractivity contribution is 0.0947. The zero-order chi connectivity index (χ0) is 13.1. The Bertz CT molecular complexity index is 468. The molecular formula is C11H15N3O3S. The van der Waals surface area contributed by atoms with E-state index in [-0.39, 0.29) is 17.7 Å². The minimum atomic E-state index is -0.393. The first-order valence-electron chi connectivity index (χ1n) is 5.56. The van der Waals surface area contributed by atoms with Gasteiger partial charge in [0.05, 0.1) is 18.0 Å². The Kier molecular flexibility index (Phi) is 3.71. The molecule has 0 bridgehead atoms. The van der Waals surface area contributed by atoms with Crippen LogP contribution in [0.4, 0.5) is 0 Å². The molecule has 0 aliphatic heterocycles. The zero-order valence-electron chi connectivity index (χ0n) is 9.92. The molecule has 1 heterocycles. The lowest BCUT2D eigenvalue weighted by Crippen LogP contribution is -2.45. The van der Waals surface area contributed by atoms with Crippen molar-refractivity contribution >= 4 is 23.1 Å². The molecule has 0 aromatic carbocycles. The van der Waals surface area contributed by atoms with Gasteiger partial charge < -0.3 is 21.0 Å². The number of carbonyl (C=O) groups is 1. The van der Waals surface area contributed by atoms with Crippen molar-refractivity contribution in [1.29, 1.82) is 0 Å². The zero-order valence-corrected chi connectivity index (χ0v) is 10.7. The molecule has 4 N–H and O–H groups in total. The number of thiophene rings is 1. The number of nitrogens with one attached hydrogen (secondary N) is 1. The van der Waals surface area contributed by atoms with Crippen LogP contribution in [0.3, 0.4) is 0 Å². The van der Waals surface area contributed by atoms with Gasteiger partial charge in [0, 0.05) is 11.4 Å². The van der Waals surface area contributed by atoms with Crippen molar-refractivity contribution in [3.63, 3.8) is 0 Å². The van der Waals surface area contributed by atoms with E-state index >= 15 is 0 Å². The maximum absolute atomic E-state index is 12.0. The number of amides is 1. The van der Waals surface area contributed by atoms with E-state index in [9.17, 15) is 4.79 Å². The quantitative estimate of drug-likeness (QED) is 0.321. The molecule has 1 aliphatic rings. The number of rotatable bonds is 5. The third-order valence-corrected chi connectivity index (χ3v) is 3.76. The molecule has 18 heavy (non-hydrogen) atoms. The average Bonchev–Trinajstić information content (AvgIpc) is 3.11. The minimum absolute atomic E-state index is 0.0503. The second-order valence-electron chi connectivity index (χ2n) is 4.16.